The van der Waals surface area contributed by atoms with Crippen LogP contribution in [0.5, 0.6) is 0 Å². The molecule has 1 fully saturated rings. The van der Waals surface area contributed by atoms with Gasteiger partial charge in [0.25, 0.3) is 5.91 Å². The van der Waals surface area contributed by atoms with E-state index in [1.165, 1.54) is 0 Å². The summed E-state index contributed by atoms with van der Waals surface area (Å²) in [6.45, 7) is 9.18. The predicted molar refractivity (Wildman–Crippen MR) is 90.6 cm³/mol. The number of carbonyl (C=O) groups is 1. The van der Waals surface area contributed by atoms with Gasteiger partial charge in [-0.3, -0.25) is 4.79 Å². The van der Waals surface area contributed by atoms with Crippen LogP contribution in [0.1, 0.15) is 49.7 Å². The highest BCUT2D eigenvalue weighted by atomic mass is 16.5. The summed E-state index contributed by atoms with van der Waals surface area (Å²) in [5, 5.41) is 4.07. The minimum absolute atomic E-state index is 0.0832. The molecule has 1 aromatic carbocycles. The molecule has 2 heterocycles. The van der Waals surface area contributed by atoms with Crippen molar-refractivity contribution in [3.63, 3.8) is 0 Å². The van der Waals surface area contributed by atoms with Crippen LogP contribution in [-0.4, -0.2) is 24.7 Å². The molecule has 1 saturated heterocycles. The van der Waals surface area contributed by atoms with Gasteiger partial charge in [0, 0.05) is 18.0 Å². The van der Waals surface area contributed by atoms with Crippen molar-refractivity contribution in [2.24, 2.45) is 5.41 Å². The Hall–Kier alpha value is -1.81. The smallest absolute Gasteiger partial charge is 0.287 e. The third-order valence-electron chi connectivity index (χ3n) is 4.55. The number of hydrogen-bond acceptors (Lipinski definition) is 3. The van der Waals surface area contributed by atoms with Gasteiger partial charge in [-0.2, -0.15) is 0 Å². The Bertz CT molecular complexity index is 711. The molecule has 0 unspecified atom stereocenters. The van der Waals surface area contributed by atoms with Gasteiger partial charge in [-0.05, 0) is 36.8 Å². The second kappa shape index (κ2) is 6.00. The number of benzene rings is 1. The van der Waals surface area contributed by atoms with Crippen LogP contribution in [0.15, 0.2) is 28.7 Å². The lowest BCUT2D eigenvalue weighted by Crippen LogP contribution is -2.45. The van der Waals surface area contributed by atoms with Crippen LogP contribution in [-0.2, 0) is 4.74 Å². The molecule has 124 valence electrons. The number of aryl methyl sites for hydroxylation is 1. The molecular weight excluding hydrogens is 290 g/mol. The Morgan fingerprint density at radius 3 is 2.78 bits per heavy atom. The number of amides is 1. The molecule has 3 rings (SSSR count). The number of rotatable bonds is 2. The van der Waals surface area contributed by atoms with Crippen molar-refractivity contribution < 1.29 is 13.9 Å². The zero-order chi connectivity index (χ0) is 16.6. The van der Waals surface area contributed by atoms with E-state index >= 15 is 0 Å². The average Bonchev–Trinajstić information content (AvgIpc) is 2.92. The highest BCUT2D eigenvalue weighted by Gasteiger charge is 2.32. The highest BCUT2D eigenvalue weighted by Crippen LogP contribution is 2.30. The van der Waals surface area contributed by atoms with Gasteiger partial charge in [-0.25, -0.2) is 0 Å². The molecule has 1 aliphatic rings. The van der Waals surface area contributed by atoms with Gasteiger partial charge in [-0.1, -0.05) is 39.0 Å². The van der Waals surface area contributed by atoms with Gasteiger partial charge in [0.05, 0.1) is 6.10 Å². The summed E-state index contributed by atoms with van der Waals surface area (Å²) in [5.41, 5.74) is 1.91. The summed E-state index contributed by atoms with van der Waals surface area (Å²) in [5.74, 6) is 0.244. The minimum atomic E-state index is -0.139. The van der Waals surface area contributed by atoms with Crippen molar-refractivity contribution in [2.45, 2.75) is 52.7 Å². The zero-order valence-corrected chi connectivity index (χ0v) is 14.3. The molecule has 1 aliphatic heterocycles. The molecule has 4 nitrogen and oxygen atoms in total. The van der Waals surface area contributed by atoms with Gasteiger partial charge in [0.2, 0.25) is 0 Å². The molecule has 1 N–H and O–H groups in total. The van der Waals surface area contributed by atoms with Crippen LogP contribution in [0.4, 0.5) is 0 Å². The van der Waals surface area contributed by atoms with E-state index in [4.69, 9.17) is 9.15 Å². The van der Waals surface area contributed by atoms with Gasteiger partial charge in [0.15, 0.2) is 5.76 Å². The second-order valence-electron chi connectivity index (χ2n) is 7.52. The lowest BCUT2D eigenvalue weighted by Gasteiger charge is -2.37. The maximum atomic E-state index is 12.5. The van der Waals surface area contributed by atoms with E-state index in [2.05, 4.69) is 26.1 Å². The first-order valence-corrected chi connectivity index (χ1v) is 8.26. The summed E-state index contributed by atoms with van der Waals surface area (Å²) in [7, 11) is 0. The van der Waals surface area contributed by atoms with Crippen LogP contribution >= 0.6 is 0 Å². The van der Waals surface area contributed by atoms with Crippen molar-refractivity contribution in [2.75, 3.05) is 6.61 Å². The number of hydrogen-bond donors (Lipinski definition) is 1. The summed E-state index contributed by atoms with van der Waals surface area (Å²) in [6, 6.07) is 7.88. The quantitative estimate of drug-likeness (QED) is 0.909. The van der Waals surface area contributed by atoms with Crippen molar-refractivity contribution in [3.8, 4) is 0 Å². The number of nitrogens with one attached hydrogen (secondary N) is 1. The van der Waals surface area contributed by atoms with E-state index in [0.717, 1.165) is 29.4 Å². The molecular formula is C19H25NO3. The first kappa shape index (κ1) is 16.1. The Morgan fingerprint density at radius 2 is 2.09 bits per heavy atom. The molecule has 0 spiro atoms. The van der Waals surface area contributed by atoms with Crippen LogP contribution in [0.3, 0.4) is 0 Å². The number of carbonyl (C=O) groups excluding carboxylic acids is 1. The predicted octanol–water partition coefficient (Wildman–Crippen LogP) is 4.06. The molecule has 0 aliphatic carbocycles. The van der Waals surface area contributed by atoms with E-state index in [0.29, 0.717) is 12.4 Å². The Kier molecular flexibility index (Phi) is 4.19. The molecule has 0 radical (unpaired) electrons. The van der Waals surface area contributed by atoms with E-state index in [1.807, 2.05) is 31.2 Å². The molecule has 0 saturated carbocycles. The zero-order valence-electron chi connectivity index (χ0n) is 14.3. The van der Waals surface area contributed by atoms with Crippen molar-refractivity contribution >= 4 is 16.9 Å². The molecule has 4 heteroatoms. The largest absolute Gasteiger partial charge is 0.451 e. The fourth-order valence-electron chi connectivity index (χ4n) is 3.11. The van der Waals surface area contributed by atoms with Crippen molar-refractivity contribution in [1.29, 1.82) is 0 Å². The standard InChI is InChI=1S/C19H25NO3/c1-12-6-5-7-13-10-15(23-17(12)13)18(21)20-14-8-9-22-16(11-14)19(2,3)4/h5-7,10,14,16H,8-9,11H2,1-4H3,(H,20,21)/t14-,16-/m1/s1. The Labute approximate surface area is 137 Å². The first-order valence-electron chi connectivity index (χ1n) is 8.26. The normalized spacial score (nSPS) is 22.3. The van der Waals surface area contributed by atoms with Crippen LogP contribution in [0.2, 0.25) is 0 Å². The van der Waals surface area contributed by atoms with Gasteiger partial charge in [0.1, 0.15) is 5.58 Å². The summed E-state index contributed by atoms with van der Waals surface area (Å²) >= 11 is 0. The minimum Gasteiger partial charge on any atom is -0.451 e. The fraction of sp³-hybridized carbons (Fsp3) is 0.526. The van der Waals surface area contributed by atoms with Crippen molar-refractivity contribution in [1.82, 2.24) is 5.32 Å². The third kappa shape index (κ3) is 3.42. The van der Waals surface area contributed by atoms with Gasteiger partial charge >= 0.3 is 0 Å². The summed E-state index contributed by atoms with van der Waals surface area (Å²) in [6.07, 6.45) is 1.85. The maximum absolute atomic E-state index is 12.5. The Morgan fingerprint density at radius 1 is 1.30 bits per heavy atom. The molecule has 1 amide bonds. The maximum Gasteiger partial charge on any atom is 0.287 e. The van der Waals surface area contributed by atoms with Crippen molar-refractivity contribution in [3.05, 3.63) is 35.6 Å². The average molecular weight is 315 g/mol. The topological polar surface area (TPSA) is 51.5 Å². The summed E-state index contributed by atoms with van der Waals surface area (Å²) in [4.78, 5) is 12.5. The Balaban J connectivity index is 1.72. The van der Waals surface area contributed by atoms with Crippen LogP contribution < -0.4 is 5.32 Å². The van der Waals surface area contributed by atoms with E-state index < -0.39 is 0 Å². The fourth-order valence-corrected chi connectivity index (χ4v) is 3.11. The number of para-hydroxylation sites is 1. The number of furan rings is 1. The molecule has 2 atom stereocenters. The molecule has 1 aromatic heterocycles. The van der Waals surface area contributed by atoms with E-state index in [9.17, 15) is 4.79 Å². The molecule has 2 aromatic rings. The first-order chi connectivity index (χ1) is 10.8. The lowest BCUT2D eigenvalue weighted by atomic mass is 9.83. The third-order valence-corrected chi connectivity index (χ3v) is 4.55. The molecule has 23 heavy (non-hydrogen) atoms. The summed E-state index contributed by atoms with van der Waals surface area (Å²) < 4.78 is 11.6. The van der Waals surface area contributed by atoms with E-state index in [-0.39, 0.29) is 23.5 Å². The monoisotopic (exact) mass is 315 g/mol. The number of ether oxygens (including phenoxy) is 1. The van der Waals surface area contributed by atoms with Crippen LogP contribution in [0.25, 0.3) is 11.0 Å². The highest BCUT2D eigenvalue weighted by molar-refractivity contribution is 5.96. The van der Waals surface area contributed by atoms with Gasteiger partial charge < -0.3 is 14.5 Å². The SMILES string of the molecule is Cc1cccc2cc(C(=O)N[C@@H]3CCO[C@@H](C(C)(C)C)C3)oc12. The van der Waals surface area contributed by atoms with Crippen LogP contribution in [0, 0.1) is 12.3 Å². The number of fused-ring (bicyclic) bond motifs is 1. The molecule has 0 bridgehead atoms. The second-order valence-corrected chi connectivity index (χ2v) is 7.52. The lowest BCUT2D eigenvalue weighted by molar-refractivity contribution is -0.0570. The van der Waals surface area contributed by atoms with Gasteiger partial charge in [-0.15, -0.1) is 0 Å². The van der Waals surface area contributed by atoms with E-state index in [1.54, 1.807) is 0 Å².